The maximum absolute atomic E-state index is 11.7. The Morgan fingerprint density at radius 3 is 2.10 bits per heavy atom. The number of quaternary nitrogens is 1. The second kappa shape index (κ2) is 12.0. The van der Waals surface area contributed by atoms with E-state index in [4.69, 9.17) is 10.2 Å². The van der Waals surface area contributed by atoms with Gasteiger partial charge in [-0.2, -0.15) is 0 Å². The molecule has 0 unspecified atom stereocenters. The van der Waals surface area contributed by atoms with E-state index in [1.807, 2.05) is 0 Å². The van der Waals surface area contributed by atoms with Gasteiger partial charge in [-0.1, -0.05) is 30.3 Å². The molecule has 158 valence electrons. The molecule has 0 saturated heterocycles. The Kier molecular flexibility index (Phi) is 10.1. The molecule has 0 spiro atoms. The maximum atomic E-state index is 11.7. The number of hydrogen-bond acceptors (Lipinski definition) is 6. The van der Waals surface area contributed by atoms with Crippen LogP contribution in [-0.2, 0) is 14.9 Å². The van der Waals surface area contributed by atoms with Crippen LogP contribution in [0.1, 0.15) is 25.8 Å². The van der Waals surface area contributed by atoms with Crippen LogP contribution in [0.15, 0.2) is 59.5 Å². The third kappa shape index (κ3) is 9.38. The molecule has 0 bridgehead atoms. The van der Waals surface area contributed by atoms with Gasteiger partial charge in [-0.05, 0) is 49.8 Å². The monoisotopic (exact) mass is 421 g/mol. The number of rotatable bonds is 8. The first-order valence-corrected chi connectivity index (χ1v) is 10.7. The van der Waals surface area contributed by atoms with Gasteiger partial charge in [-0.15, -0.1) is 0 Å². The van der Waals surface area contributed by atoms with Crippen molar-refractivity contribution in [2.75, 3.05) is 19.6 Å². The highest BCUT2D eigenvalue weighted by Gasteiger charge is 2.05. The summed E-state index contributed by atoms with van der Waals surface area (Å²) in [6.07, 6.45) is 4.00. The lowest BCUT2D eigenvalue weighted by atomic mass is 10.1. The molecule has 2 aromatic rings. The van der Waals surface area contributed by atoms with Gasteiger partial charge in [0, 0.05) is 0 Å². The Hall–Kier alpha value is -2.68. The Balaban J connectivity index is 0.000000326. The molecular weight excluding hydrogens is 394 g/mol. The van der Waals surface area contributed by atoms with Gasteiger partial charge >= 0.3 is 0 Å². The van der Waals surface area contributed by atoms with E-state index in [-0.39, 0.29) is 11.5 Å². The predicted molar refractivity (Wildman–Crippen MR) is 110 cm³/mol. The minimum absolute atomic E-state index is 0.155. The Morgan fingerprint density at radius 2 is 1.62 bits per heavy atom. The molecule has 7 nitrogen and oxygen atoms in total. The minimum atomic E-state index is -4.53. The van der Waals surface area contributed by atoms with E-state index in [9.17, 15) is 17.8 Å². The average Bonchev–Trinajstić information content (AvgIpc) is 2.68. The summed E-state index contributed by atoms with van der Waals surface area (Å²) in [5.41, 5.74) is 0.927. The molecule has 0 aliphatic heterocycles. The zero-order chi connectivity index (χ0) is 21.9. The van der Waals surface area contributed by atoms with Crippen molar-refractivity contribution in [3.63, 3.8) is 0 Å². The predicted octanol–water partition coefficient (Wildman–Crippen LogP) is 1.59. The summed E-state index contributed by atoms with van der Waals surface area (Å²) in [6.45, 7) is 7.29. The molecule has 3 N–H and O–H groups in total. The zero-order valence-electron chi connectivity index (χ0n) is 16.5. The van der Waals surface area contributed by atoms with Gasteiger partial charge in [-0.25, -0.2) is 8.42 Å². The molecular formula is C21H27NO6S. The van der Waals surface area contributed by atoms with Crippen LogP contribution in [0.4, 0.5) is 0 Å². The van der Waals surface area contributed by atoms with E-state index >= 15 is 0 Å². The fraction of sp³-hybridized carbons (Fsp3) is 0.286. The molecule has 2 aromatic carbocycles. The van der Waals surface area contributed by atoms with Crippen molar-refractivity contribution in [1.29, 1.82) is 0 Å². The topological polar surface area (TPSA) is 119 Å². The number of carbonyl (C=O) groups excluding carboxylic acids is 1. The van der Waals surface area contributed by atoms with Crippen molar-refractivity contribution in [2.45, 2.75) is 25.2 Å². The van der Waals surface area contributed by atoms with Crippen LogP contribution in [0.25, 0.3) is 6.08 Å². The summed E-state index contributed by atoms with van der Waals surface area (Å²) >= 11 is 0. The van der Waals surface area contributed by atoms with Crippen LogP contribution >= 0.6 is 0 Å². The number of para-hydroxylation sites is 1. The zero-order valence-corrected chi connectivity index (χ0v) is 17.4. The molecule has 0 heterocycles. The number of carbonyl (C=O) groups is 1. The first-order chi connectivity index (χ1) is 13.7. The van der Waals surface area contributed by atoms with Crippen LogP contribution in [0.5, 0.6) is 11.5 Å². The van der Waals surface area contributed by atoms with Gasteiger partial charge in [0.1, 0.15) is 21.6 Å². The Labute approximate surface area is 171 Å². The molecule has 0 saturated carbocycles. The van der Waals surface area contributed by atoms with Crippen molar-refractivity contribution in [3.05, 3.63) is 60.2 Å². The molecule has 0 aromatic heterocycles. The van der Waals surface area contributed by atoms with Crippen molar-refractivity contribution in [1.82, 2.24) is 0 Å². The summed E-state index contributed by atoms with van der Waals surface area (Å²) in [6, 6.07) is 11.8. The van der Waals surface area contributed by atoms with Gasteiger partial charge in [0.15, 0.2) is 5.78 Å². The minimum Gasteiger partial charge on any atom is -0.744 e. The molecule has 0 amide bonds. The summed E-state index contributed by atoms with van der Waals surface area (Å²) in [7, 11) is -4.53. The molecule has 0 aliphatic rings. The maximum Gasteiger partial charge on any atom is 0.161 e. The molecule has 0 atom stereocenters. The van der Waals surface area contributed by atoms with E-state index in [0.29, 0.717) is 6.42 Å². The number of nitrogens with one attached hydrogen (secondary N) is 1. The number of phenolic OH excluding ortho intramolecular Hbond substituents is 2. The molecule has 2 rings (SSSR count). The molecule has 8 heteroatoms. The lowest BCUT2D eigenvalue weighted by Crippen LogP contribution is -3.11. The highest BCUT2D eigenvalue weighted by molar-refractivity contribution is 7.85. The smallest absolute Gasteiger partial charge is 0.161 e. The van der Waals surface area contributed by atoms with Gasteiger partial charge in [0.05, 0.1) is 31.0 Å². The quantitative estimate of drug-likeness (QED) is 0.440. The van der Waals surface area contributed by atoms with Gasteiger partial charge in [0.2, 0.25) is 0 Å². The normalized spacial score (nSPS) is 11.3. The lowest BCUT2D eigenvalue weighted by molar-refractivity contribution is -0.895. The Morgan fingerprint density at radius 1 is 1.03 bits per heavy atom. The highest BCUT2D eigenvalue weighted by Crippen LogP contribution is 2.20. The van der Waals surface area contributed by atoms with Crippen molar-refractivity contribution in [2.24, 2.45) is 0 Å². The van der Waals surface area contributed by atoms with Crippen molar-refractivity contribution < 1.29 is 32.9 Å². The third-order valence-corrected chi connectivity index (χ3v) is 5.10. The fourth-order valence-corrected chi connectivity index (χ4v) is 3.00. The van der Waals surface area contributed by atoms with Gasteiger partial charge < -0.3 is 19.7 Å². The van der Waals surface area contributed by atoms with Crippen LogP contribution in [0, 0.1) is 0 Å². The molecule has 29 heavy (non-hydrogen) atoms. The lowest BCUT2D eigenvalue weighted by Gasteiger charge is -2.13. The summed E-state index contributed by atoms with van der Waals surface area (Å²) in [5, 5.41) is 18.0. The summed E-state index contributed by atoms with van der Waals surface area (Å²) < 4.78 is 31.0. The Bertz CT molecular complexity index is 903. The number of benzene rings is 2. The fourth-order valence-electron chi connectivity index (χ4n) is 2.43. The van der Waals surface area contributed by atoms with E-state index in [2.05, 4.69) is 13.8 Å². The van der Waals surface area contributed by atoms with E-state index < -0.39 is 20.8 Å². The van der Waals surface area contributed by atoms with Crippen LogP contribution in [0.2, 0.25) is 0 Å². The van der Waals surface area contributed by atoms with E-state index in [1.165, 1.54) is 17.0 Å². The number of ketones is 1. The third-order valence-electron chi connectivity index (χ3n) is 4.21. The molecule has 0 fully saturated rings. The number of hydrogen-bond donors (Lipinski definition) is 3. The highest BCUT2D eigenvalue weighted by atomic mass is 32.2. The standard InChI is InChI=1S/C15H21NO2.C6H6O4S/c1-3-16(4-2)12-11-15(18)10-7-13-5-8-14(17)9-6-13;7-5-3-1-2-4-6(5)11(8,9)10/h5-10,17H,3-4,11-12H2,1-2H3;1-4,7H,(H,8,9,10)/b10-7+;. The SMILES string of the molecule is CC[NH+](CC)CCC(=O)/C=C/c1ccc(O)cc1.O=S(=O)([O-])c1ccccc1O. The number of allylic oxidation sites excluding steroid dienone is 1. The first kappa shape index (κ1) is 24.4. The summed E-state index contributed by atoms with van der Waals surface area (Å²) in [5.74, 6) is -0.117. The van der Waals surface area contributed by atoms with E-state index in [0.717, 1.165) is 37.3 Å². The molecule has 0 radical (unpaired) electrons. The van der Waals surface area contributed by atoms with Crippen molar-refractivity contribution >= 4 is 22.0 Å². The first-order valence-electron chi connectivity index (χ1n) is 9.24. The largest absolute Gasteiger partial charge is 0.744 e. The van der Waals surface area contributed by atoms with Gasteiger partial charge in [-0.3, -0.25) is 4.79 Å². The second-order valence-electron chi connectivity index (χ2n) is 6.27. The number of phenols is 2. The molecule has 0 aliphatic carbocycles. The van der Waals surface area contributed by atoms with E-state index in [1.54, 1.807) is 36.4 Å². The van der Waals surface area contributed by atoms with Gasteiger partial charge in [0.25, 0.3) is 0 Å². The average molecular weight is 422 g/mol. The van der Waals surface area contributed by atoms with Crippen molar-refractivity contribution in [3.8, 4) is 11.5 Å². The second-order valence-corrected chi connectivity index (χ2v) is 7.62. The summed E-state index contributed by atoms with van der Waals surface area (Å²) in [4.78, 5) is 12.5. The van der Waals surface area contributed by atoms with Crippen LogP contribution in [0.3, 0.4) is 0 Å². The number of aromatic hydroxyl groups is 2. The van der Waals surface area contributed by atoms with Crippen LogP contribution in [-0.4, -0.2) is 48.6 Å². The van der Waals surface area contributed by atoms with Crippen LogP contribution < -0.4 is 4.90 Å².